The predicted octanol–water partition coefficient (Wildman–Crippen LogP) is 3.66. The van der Waals surface area contributed by atoms with Crippen molar-refractivity contribution in [1.82, 2.24) is 4.98 Å². The highest BCUT2D eigenvalue weighted by molar-refractivity contribution is 5.67. The third-order valence-electron chi connectivity index (χ3n) is 2.91. The van der Waals surface area contributed by atoms with E-state index in [0.29, 0.717) is 0 Å². The van der Waals surface area contributed by atoms with Crippen LogP contribution in [0.15, 0.2) is 12.7 Å². The minimum absolute atomic E-state index is 0.833. The van der Waals surface area contributed by atoms with Gasteiger partial charge in [-0.15, -0.1) is 0 Å². The van der Waals surface area contributed by atoms with Crippen molar-refractivity contribution in [2.45, 2.75) is 39.5 Å². The number of rotatable bonds is 2. The molecule has 0 saturated carbocycles. The van der Waals surface area contributed by atoms with Crippen LogP contribution in [-0.2, 0) is 17.6 Å². The Bertz CT molecular complexity index is 451. The van der Waals surface area contributed by atoms with Crippen LogP contribution in [0.1, 0.15) is 49.2 Å². The zero-order valence-electron chi connectivity index (χ0n) is 11.1. The van der Waals surface area contributed by atoms with E-state index in [0.717, 1.165) is 6.92 Å². The van der Waals surface area contributed by atoms with Crippen LogP contribution in [0.3, 0.4) is 0 Å². The Morgan fingerprint density at radius 2 is 2.00 bits per heavy atom. The molecule has 1 heterocycles. The molecule has 0 saturated heterocycles. The molecule has 1 aromatic heterocycles. The highest BCUT2D eigenvalue weighted by Gasteiger charge is 2.16. The van der Waals surface area contributed by atoms with E-state index in [-0.39, 0.29) is 0 Å². The summed E-state index contributed by atoms with van der Waals surface area (Å²) in [5, 5.41) is 7.42. The first kappa shape index (κ1) is 14.3. The fourth-order valence-electron chi connectivity index (χ4n) is 2.26. The number of carboxylic acid groups (broad SMARTS) is 1. The van der Waals surface area contributed by atoms with Crippen LogP contribution in [0.5, 0.6) is 0 Å². The molecular weight excluding hydrogens is 226 g/mol. The molecule has 0 spiro atoms. The maximum Gasteiger partial charge on any atom is 0.300 e. The lowest BCUT2D eigenvalue weighted by Crippen LogP contribution is -2.00. The monoisotopic (exact) mass is 247 g/mol. The molecule has 3 nitrogen and oxygen atoms in total. The molecule has 0 bridgehead atoms. The highest BCUT2D eigenvalue weighted by Crippen LogP contribution is 2.28. The maximum absolute atomic E-state index is 9.00. The summed E-state index contributed by atoms with van der Waals surface area (Å²) in [5.41, 5.74) is 5.48. The van der Waals surface area contributed by atoms with E-state index in [1.165, 1.54) is 48.2 Å². The van der Waals surface area contributed by atoms with Gasteiger partial charge in [-0.05, 0) is 44.2 Å². The second-order valence-electron chi connectivity index (χ2n) is 4.34. The van der Waals surface area contributed by atoms with Crippen LogP contribution in [0, 0.1) is 0 Å². The van der Waals surface area contributed by atoms with E-state index in [9.17, 15) is 0 Å². The number of aromatic amines is 1. The number of H-pyrrole nitrogens is 1. The van der Waals surface area contributed by atoms with Crippen LogP contribution in [0.4, 0.5) is 0 Å². The number of nitrogens with one attached hydrogen (secondary N) is 1. The summed E-state index contributed by atoms with van der Waals surface area (Å²) in [6, 6.07) is 0. The first-order chi connectivity index (χ1) is 8.60. The summed E-state index contributed by atoms with van der Waals surface area (Å²) >= 11 is 0. The van der Waals surface area contributed by atoms with Gasteiger partial charge in [-0.1, -0.05) is 18.7 Å². The van der Waals surface area contributed by atoms with Crippen molar-refractivity contribution < 1.29 is 9.90 Å². The summed E-state index contributed by atoms with van der Waals surface area (Å²) in [6.07, 6.45) is 11.2. The molecule has 0 fully saturated rings. The molecule has 0 aromatic carbocycles. The Labute approximate surface area is 108 Å². The summed E-state index contributed by atoms with van der Waals surface area (Å²) in [7, 11) is 0. The highest BCUT2D eigenvalue weighted by atomic mass is 16.4. The molecule has 0 atom stereocenters. The van der Waals surface area contributed by atoms with Gasteiger partial charge in [0.05, 0.1) is 0 Å². The van der Waals surface area contributed by atoms with Crippen LogP contribution in [0.2, 0.25) is 0 Å². The van der Waals surface area contributed by atoms with Crippen LogP contribution in [-0.4, -0.2) is 16.1 Å². The first-order valence-corrected chi connectivity index (χ1v) is 6.28. The number of carbonyl (C=O) groups is 1. The quantitative estimate of drug-likeness (QED) is 0.838. The second-order valence-corrected chi connectivity index (χ2v) is 4.34. The standard InChI is InChI=1S/C13H17N.C2H4O2/c1-3-7-12-10(4-2)11-8-5-6-9-13(11)14-12;1-2(3)4/h3-4,7,14H,2,5-6,8-9H2,1H3;1H3,(H,3,4)/b7-3-;. The average molecular weight is 247 g/mol. The molecule has 98 valence electrons. The molecular formula is C15H21NO2. The van der Waals surface area contributed by atoms with Crippen LogP contribution < -0.4 is 0 Å². The molecule has 1 aliphatic rings. The predicted molar refractivity (Wildman–Crippen MR) is 75.5 cm³/mol. The van der Waals surface area contributed by atoms with Gasteiger partial charge in [-0.2, -0.15) is 0 Å². The molecule has 1 aromatic rings. The van der Waals surface area contributed by atoms with E-state index >= 15 is 0 Å². The third kappa shape index (κ3) is 3.62. The van der Waals surface area contributed by atoms with Crippen LogP contribution in [0.25, 0.3) is 12.2 Å². The minimum atomic E-state index is -0.833. The van der Waals surface area contributed by atoms with Gasteiger partial charge in [-0.3, -0.25) is 4.79 Å². The van der Waals surface area contributed by atoms with E-state index < -0.39 is 5.97 Å². The fourth-order valence-corrected chi connectivity index (χ4v) is 2.26. The molecule has 1 aliphatic carbocycles. The van der Waals surface area contributed by atoms with Crippen LogP contribution >= 0.6 is 0 Å². The number of allylic oxidation sites excluding steroid dienone is 1. The second kappa shape index (κ2) is 6.84. The lowest BCUT2D eigenvalue weighted by Gasteiger charge is -2.10. The largest absolute Gasteiger partial charge is 0.481 e. The van der Waals surface area contributed by atoms with Gasteiger partial charge in [-0.25, -0.2) is 0 Å². The Hall–Kier alpha value is -1.77. The number of aryl methyl sites for hydroxylation is 1. The lowest BCUT2D eigenvalue weighted by molar-refractivity contribution is -0.134. The third-order valence-corrected chi connectivity index (χ3v) is 2.91. The number of fused-ring (bicyclic) bond motifs is 1. The van der Waals surface area contributed by atoms with Gasteiger partial charge in [0.2, 0.25) is 0 Å². The van der Waals surface area contributed by atoms with E-state index in [1.54, 1.807) is 0 Å². The molecule has 0 amide bonds. The minimum Gasteiger partial charge on any atom is -0.481 e. The van der Waals surface area contributed by atoms with Gasteiger partial charge in [0.15, 0.2) is 0 Å². The first-order valence-electron chi connectivity index (χ1n) is 6.28. The summed E-state index contributed by atoms with van der Waals surface area (Å²) < 4.78 is 0. The molecule has 18 heavy (non-hydrogen) atoms. The smallest absolute Gasteiger partial charge is 0.300 e. The Morgan fingerprint density at radius 3 is 2.56 bits per heavy atom. The van der Waals surface area contributed by atoms with Gasteiger partial charge in [0.25, 0.3) is 5.97 Å². The summed E-state index contributed by atoms with van der Waals surface area (Å²) in [6.45, 7) is 7.03. The summed E-state index contributed by atoms with van der Waals surface area (Å²) in [4.78, 5) is 12.5. The van der Waals surface area contributed by atoms with Crippen molar-refractivity contribution in [3.05, 3.63) is 35.2 Å². The molecule has 0 unspecified atom stereocenters. The summed E-state index contributed by atoms with van der Waals surface area (Å²) in [5.74, 6) is -0.833. The Kier molecular flexibility index (Phi) is 5.43. The topological polar surface area (TPSA) is 53.1 Å². The Morgan fingerprint density at radius 1 is 1.39 bits per heavy atom. The molecule has 0 radical (unpaired) electrons. The van der Waals surface area contributed by atoms with Crippen molar-refractivity contribution in [3.8, 4) is 0 Å². The lowest BCUT2D eigenvalue weighted by atomic mass is 9.94. The Balaban J connectivity index is 0.000000357. The SMILES string of the molecule is C=Cc1c(/C=C\C)[nH]c2c1CCCC2.CC(=O)O. The number of hydrogen-bond donors (Lipinski definition) is 2. The number of aromatic nitrogens is 1. The maximum atomic E-state index is 9.00. The number of aliphatic carboxylic acids is 1. The van der Waals surface area contributed by atoms with Gasteiger partial charge >= 0.3 is 0 Å². The van der Waals surface area contributed by atoms with Crippen molar-refractivity contribution in [2.24, 2.45) is 0 Å². The normalized spacial score (nSPS) is 13.7. The molecule has 3 heteroatoms. The van der Waals surface area contributed by atoms with Crippen molar-refractivity contribution >= 4 is 18.1 Å². The number of hydrogen-bond acceptors (Lipinski definition) is 1. The van der Waals surface area contributed by atoms with Crippen molar-refractivity contribution in [3.63, 3.8) is 0 Å². The van der Waals surface area contributed by atoms with Crippen molar-refractivity contribution in [2.75, 3.05) is 0 Å². The van der Waals surface area contributed by atoms with E-state index in [2.05, 4.69) is 23.7 Å². The van der Waals surface area contributed by atoms with E-state index in [1.807, 2.05) is 13.0 Å². The zero-order chi connectivity index (χ0) is 13.5. The fraction of sp³-hybridized carbons (Fsp3) is 0.400. The van der Waals surface area contributed by atoms with Gasteiger partial charge in [0.1, 0.15) is 0 Å². The average Bonchev–Trinajstić information content (AvgIpc) is 2.66. The molecule has 2 rings (SSSR count). The van der Waals surface area contributed by atoms with Gasteiger partial charge in [0, 0.05) is 23.9 Å². The molecule has 0 aliphatic heterocycles. The molecule has 2 N–H and O–H groups in total. The zero-order valence-corrected chi connectivity index (χ0v) is 11.1. The van der Waals surface area contributed by atoms with E-state index in [4.69, 9.17) is 9.90 Å². The number of carboxylic acids is 1. The van der Waals surface area contributed by atoms with Crippen molar-refractivity contribution in [1.29, 1.82) is 0 Å². The van der Waals surface area contributed by atoms with Gasteiger partial charge < -0.3 is 10.1 Å².